The van der Waals surface area contributed by atoms with E-state index in [2.05, 4.69) is 52.0 Å². The number of hydrogen-bond acceptors (Lipinski definition) is 5. The van der Waals surface area contributed by atoms with Crippen LogP contribution in [0.15, 0.2) is 24.3 Å². The molecule has 0 spiro atoms. The van der Waals surface area contributed by atoms with Crippen molar-refractivity contribution < 1.29 is 4.79 Å². The molecule has 0 bridgehead atoms. The molecule has 0 aliphatic carbocycles. The van der Waals surface area contributed by atoms with Crippen LogP contribution in [0.5, 0.6) is 0 Å². The summed E-state index contributed by atoms with van der Waals surface area (Å²) < 4.78 is 0. The number of aromatic nitrogens is 2. The van der Waals surface area contributed by atoms with Crippen molar-refractivity contribution in [3.05, 3.63) is 40.4 Å². The van der Waals surface area contributed by atoms with Crippen molar-refractivity contribution >= 4 is 22.4 Å². The highest BCUT2D eigenvalue weighted by Crippen LogP contribution is 2.19. The molecule has 2 aromatic rings. The second kappa shape index (κ2) is 6.98. The van der Waals surface area contributed by atoms with E-state index in [1.807, 2.05) is 0 Å². The molecule has 5 nitrogen and oxygen atoms in total. The Hall–Kier alpha value is -1.79. The highest BCUT2D eigenvalue weighted by Gasteiger charge is 2.18. The van der Waals surface area contributed by atoms with Crippen molar-refractivity contribution in [3.8, 4) is 0 Å². The molecule has 1 aliphatic heterocycles. The van der Waals surface area contributed by atoms with Crippen LogP contribution in [0, 0.1) is 6.92 Å². The van der Waals surface area contributed by atoms with Crippen LogP contribution in [-0.4, -0.2) is 28.7 Å². The van der Waals surface area contributed by atoms with E-state index in [9.17, 15) is 4.79 Å². The molecule has 0 saturated carbocycles. The summed E-state index contributed by atoms with van der Waals surface area (Å²) in [5.41, 5.74) is 2.45. The highest BCUT2D eigenvalue weighted by molar-refractivity contribution is 7.15. The monoisotopic (exact) mass is 316 g/mol. The predicted octanol–water partition coefficient (Wildman–Crippen LogP) is 2.52. The minimum atomic E-state index is 0.0115. The first kappa shape index (κ1) is 15.1. The Labute approximate surface area is 134 Å². The van der Waals surface area contributed by atoms with Gasteiger partial charge in [-0.3, -0.25) is 4.79 Å². The second-order valence-electron chi connectivity index (χ2n) is 5.71. The van der Waals surface area contributed by atoms with Crippen LogP contribution in [-0.2, 0) is 11.2 Å². The van der Waals surface area contributed by atoms with Gasteiger partial charge in [-0.2, -0.15) is 0 Å². The molecule has 6 heteroatoms. The van der Waals surface area contributed by atoms with Gasteiger partial charge in [-0.1, -0.05) is 41.2 Å². The van der Waals surface area contributed by atoms with Gasteiger partial charge < -0.3 is 10.6 Å². The van der Waals surface area contributed by atoms with Crippen molar-refractivity contribution in [1.29, 1.82) is 0 Å². The molecule has 22 heavy (non-hydrogen) atoms. The first-order chi connectivity index (χ1) is 10.7. The SMILES string of the molecule is Cc1ccc(Cc2nnc(NC(=O)CC3CCCN3)s2)cc1. The molecule has 2 heterocycles. The number of amides is 1. The first-order valence-corrected chi connectivity index (χ1v) is 8.42. The number of benzene rings is 1. The van der Waals surface area contributed by atoms with E-state index in [-0.39, 0.29) is 5.91 Å². The van der Waals surface area contributed by atoms with Gasteiger partial charge in [0.2, 0.25) is 11.0 Å². The van der Waals surface area contributed by atoms with Crippen LogP contribution in [0.4, 0.5) is 5.13 Å². The Morgan fingerprint density at radius 1 is 1.36 bits per heavy atom. The molecule has 1 fully saturated rings. The summed E-state index contributed by atoms with van der Waals surface area (Å²) in [6.45, 7) is 3.08. The van der Waals surface area contributed by atoms with E-state index < -0.39 is 0 Å². The van der Waals surface area contributed by atoms with E-state index in [1.54, 1.807) is 0 Å². The van der Waals surface area contributed by atoms with Crippen LogP contribution in [0.3, 0.4) is 0 Å². The number of aryl methyl sites for hydroxylation is 1. The normalized spacial score (nSPS) is 17.6. The van der Waals surface area contributed by atoms with E-state index in [0.717, 1.165) is 30.8 Å². The molecular formula is C16H20N4OS. The van der Waals surface area contributed by atoms with Gasteiger partial charge in [0.15, 0.2) is 0 Å². The van der Waals surface area contributed by atoms with Gasteiger partial charge >= 0.3 is 0 Å². The van der Waals surface area contributed by atoms with Crippen molar-refractivity contribution in [2.75, 3.05) is 11.9 Å². The molecule has 0 radical (unpaired) electrons. The van der Waals surface area contributed by atoms with E-state index in [0.29, 0.717) is 17.6 Å². The molecule has 1 amide bonds. The molecule has 1 atom stereocenters. The summed E-state index contributed by atoms with van der Waals surface area (Å²) in [5, 5.41) is 15.9. The largest absolute Gasteiger partial charge is 0.313 e. The topological polar surface area (TPSA) is 66.9 Å². The zero-order valence-corrected chi connectivity index (χ0v) is 13.4. The van der Waals surface area contributed by atoms with Gasteiger partial charge in [-0.25, -0.2) is 0 Å². The maximum absolute atomic E-state index is 12.0. The molecule has 1 aromatic carbocycles. The van der Waals surface area contributed by atoms with Crippen LogP contribution in [0.25, 0.3) is 0 Å². The smallest absolute Gasteiger partial charge is 0.227 e. The number of nitrogens with zero attached hydrogens (tertiary/aromatic N) is 2. The third kappa shape index (κ3) is 4.11. The lowest BCUT2D eigenvalue weighted by atomic mass is 10.1. The van der Waals surface area contributed by atoms with Gasteiger partial charge in [0, 0.05) is 18.9 Å². The lowest BCUT2D eigenvalue weighted by molar-refractivity contribution is -0.116. The molecular weight excluding hydrogens is 296 g/mol. The fourth-order valence-corrected chi connectivity index (χ4v) is 3.37. The Balaban J connectivity index is 1.54. The Morgan fingerprint density at radius 2 is 2.18 bits per heavy atom. The minimum absolute atomic E-state index is 0.0115. The zero-order valence-electron chi connectivity index (χ0n) is 12.6. The summed E-state index contributed by atoms with van der Waals surface area (Å²) in [5.74, 6) is 0.0115. The Bertz CT molecular complexity index is 632. The third-order valence-electron chi connectivity index (χ3n) is 3.78. The van der Waals surface area contributed by atoms with Gasteiger partial charge in [0.05, 0.1) is 0 Å². The van der Waals surface area contributed by atoms with Gasteiger partial charge in [0.1, 0.15) is 5.01 Å². The number of carbonyl (C=O) groups excluding carboxylic acids is 1. The molecule has 1 saturated heterocycles. The molecule has 1 aliphatic rings. The first-order valence-electron chi connectivity index (χ1n) is 7.60. The number of rotatable bonds is 5. The maximum atomic E-state index is 12.0. The lowest BCUT2D eigenvalue weighted by Crippen LogP contribution is -2.27. The standard InChI is InChI=1S/C16H20N4OS/c1-11-4-6-12(7-5-11)9-15-19-20-16(22-15)18-14(21)10-13-3-2-8-17-13/h4-7,13,17H,2-3,8-10H2,1H3,(H,18,20,21). The highest BCUT2D eigenvalue weighted by atomic mass is 32.1. The van der Waals surface area contributed by atoms with Crippen molar-refractivity contribution in [2.45, 2.75) is 38.6 Å². The minimum Gasteiger partial charge on any atom is -0.313 e. The van der Waals surface area contributed by atoms with Crippen LogP contribution in [0.2, 0.25) is 0 Å². The van der Waals surface area contributed by atoms with E-state index >= 15 is 0 Å². The quantitative estimate of drug-likeness (QED) is 0.889. The lowest BCUT2D eigenvalue weighted by Gasteiger charge is -2.08. The summed E-state index contributed by atoms with van der Waals surface area (Å²) >= 11 is 1.44. The number of anilines is 1. The second-order valence-corrected chi connectivity index (χ2v) is 6.77. The fourth-order valence-electron chi connectivity index (χ4n) is 2.58. The van der Waals surface area contributed by atoms with Crippen LogP contribution in [0.1, 0.15) is 35.4 Å². The Morgan fingerprint density at radius 3 is 2.91 bits per heavy atom. The molecule has 1 unspecified atom stereocenters. The summed E-state index contributed by atoms with van der Waals surface area (Å²) in [6.07, 6.45) is 3.48. The molecule has 2 N–H and O–H groups in total. The predicted molar refractivity (Wildman–Crippen MR) is 88.2 cm³/mol. The van der Waals surface area contributed by atoms with Crippen LogP contribution >= 0.6 is 11.3 Å². The number of hydrogen-bond donors (Lipinski definition) is 2. The van der Waals surface area contributed by atoms with Crippen molar-refractivity contribution in [3.63, 3.8) is 0 Å². The van der Waals surface area contributed by atoms with Gasteiger partial charge in [-0.15, -0.1) is 10.2 Å². The summed E-state index contributed by atoms with van der Waals surface area (Å²) in [7, 11) is 0. The summed E-state index contributed by atoms with van der Waals surface area (Å²) in [4.78, 5) is 12.0. The van der Waals surface area contributed by atoms with Gasteiger partial charge in [-0.05, 0) is 31.9 Å². The molecule has 1 aromatic heterocycles. The average molecular weight is 316 g/mol. The number of nitrogens with one attached hydrogen (secondary N) is 2. The maximum Gasteiger partial charge on any atom is 0.227 e. The fraction of sp³-hybridized carbons (Fsp3) is 0.438. The van der Waals surface area contributed by atoms with E-state index in [1.165, 1.54) is 22.5 Å². The van der Waals surface area contributed by atoms with E-state index in [4.69, 9.17) is 0 Å². The van der Waals surface area contributed by atoms with Crippen molar-refractivity contribution in [2.24, 2.45) is 0 Å². The van der Waals surface area contributed by atoms with Gasteiger partial charge in [0.25, 0.3) is 0 Å². The zero-order chi connectivity index (χ0) is 15.4. The van der Waals surface area contributed by atoms with Crippen molar-refractivity contribution in [1.82, 2.24) is 15.5 Å². The van der Waals surface area contributed by atoms with Crippen LogP contribution < -0.4 is 10.6 Å². The number of carbonyl (C=O) groups is 1. The summed E-state index contributed by atoms with van der Waals surface area (Å²) in [6, 6.07) is 8.68. The molecule has 3 rings (SSSR count). The average Bonchev–Trinajstić information content (AvgIpc) is 3.14. The molecule has 116 valence electrons. The Kier molecular flexibility index (Phi) is 4.80. The third-order valence-corrected chi connectivity index (χ3v) is 4.62.